The van der Waals surface area contributed by atoms with E-state index in [1.54, 1.807) is 0 Å². The fourth-order valence-corrected chi connectivity index (χ4v) is 2.69. The summed E-state index contributed by atoms with van der Waals surface area (Å²) in [7, 11) is 6.20. The molecule has 0 radical (unpaired) electrons. The molecule has 1 aliphatic heterocycles. The van der Waals surface area contributed by atoms with Gasteiger partial charge in [0.2, 0.25) is 0 Å². The summed E-state index contributed by atoms with van der Waals surface area (Å²) in [6.07, 6.45) is 2.44. The highest BCUT2D eigenvalue weighted by Gasteiger charge is 2.16. The Balaban J connectivity index is 2.25. The molecule has 0 aromatic rings. The number of aliphatic imine (C=N–C) groups is 1. The first-order valence-electron chi connectivity index (χ1n) is 8.39. The van der Waals surface area contributed by atoms with Crippen LogP contribution in [0.15, 0.2) is 4.99 Å². The van der Waals surface area contributed by atoms with E-state index in [9.17, 15) is 0 Å². The summed E-state index contributed by atoms with van der Waals surface area (Å²) >= 11 is 0. The second-order valence-electron chi connectivity index (χ2n) is 6.41. The number of hydrogen-bond donors (Lipinski definition) is 1. The summed E-state index contributed by atoms with van der Waals surface area (Å²) in [4.78, 5) is 11.6. The zero-order chi connectivity index (χ0) is 15.7. The first-order chi connectivity index (χ1) is 10.1. The van der Waals surface area contributed by atoms with Gasteiger partial charge in [0.25, 0.3) is 0 Å². The number of unbranched alkanes of at least 4 members (excludes halogenated alkanes) is 1. The molecule has 1 heterocycles. The van der Waals surface area contributed by atoms with Crippen LogP contribution in [0.3, 0.4) is 0 Å². The molecule has 0 aromatic carbocycles. The Morgan fingerprint density at radius 1 is 1.29 bits per heavy atom. The van der Waals surface area contributed by atoms with E-state index in [0.29, 0.717) is 5.92 Å². The minimum Gasteiger partial charge on any atom is -0.356 e. The largest absolute Gasteiger partial charge is 0.356 e. The van der Waals surface area contributed by atoms with Crippen LogP contribution in [0.5, 0.6) is 0 Å². The molecule has 5 heteroatoms. The van der Waals surface area contributed by atoms with Gasteiger partial charge < -0.3 is 20.0 Å². The number of likely N-dealkylation sites (N-methyl/N-ethyl adjacent to an activating group) is 1. The fraction of sp³-hybridized carbons (Fsp3) is 0.938. The van der Waals surface area contributed by atoms with Gasteiger partial charge in [0, 0.05) is 59.9 Å². The Labute approximate surface area is 131 Å². The number of nitrogens with one attached hydrogen (secondary N) is 1. The van der Waals surface area contributed by atoms with Crippen molar-refractivity contribution >= 4 is 5.96 Å². The third kappa shape index (κ3) is 7.14. The predicted molar refractivity (Wildman–Crippen MR) is 92.0 cm³/mol. The van der Waals surface area contributed by atoms with E-state index in [1.807, 2.05) is 7.05 Å². The van der Waals surface area contributed by atoms with Crippen molar-refractivity contribution in [1.82, 2.24) is 20.0 Å². The zero-order valence-electron chi connectivity index (χ0n) is 14.7. The standard InChI is InChI=1S/C16H35N5/c1-6-7-8-20(5)16(17-3)18-13-15(2)14-21-11-9-19(4)10-12-21/h15H,6-14H2,1-5H3,(H,17,18). The third-order valence-electron chi connectivity index (χ3n) is 4.19. The molecule has 1 rings (SSSR count). The predicted octanol–water partition coefficient (Wildman–Crippen LogP) is 1.18. The van der Waals surface area contributed by atoms with Crippen LogP contribution in [-0.2, 0) is 0 Å². The van der Waals surface area contributed by atoms with Crippen molar-refractivity contribution in [2.24, 2.45) is 10.9 Å². The van der Waals surface area contributed by atoms with Crippen molar-refractivity contribution in [3.8, 4) is 0 Å². The van der Waals surface area contributed by atoms with Crippen molar-refractivity contribution in [3.05, 3.63) is 0 Å². The minimum absolute atomic E-state index is 0.643. The van der Waals surface area contributed by atoms with E-state index in [2.05, 4.69) is 53.0 Å². The Morgan fingerprint density at radius 3 is 2.52 bits per heavy atom. The lowest BCUT2D eigenvalue weighted by atomic mass is 10.1. The lowest BCUT2D eigenvalue weighted by Crippen LogP contribution is -2.47. The molecule has 21 heavy (non-hydrogen) atoms. The van der Waals surface area contributed by atoms with Gasteiger partial charge in [-0.1, -0.05) is 20.3 Å². The van der Waals surface area contributed by atoms with E-state index < -0.39 is 0 Å². The number of hydrogen-bond acceptors (Lipinski definition) is 3. The topological polar surface area (TPSA) is 34.1 Å². The van der Waals surface area contributed by atoms with Crippen LogP contribution in [0.4, 0.5) is 0 Å². The number of guanidine groups is 1. The molecule has 1 fully saturated rings. The smallest absolute Gasteiger partial charge is 0.193 e. The molecule has 124 valence electrons. The molecule has 1 atom stereocenters. The van der Waals surface area contributed by atoms with Crippen LogP contribution in [0, 0.1) is 5.92 Å². The summed E-state index contributed by atoms with van der Waals surface area (Å²) in [6.45, 7) is 12.6. The van der Waals surface area contributed by atoms with E-state index in [1.165, 1.54) is 45.6 Å². The average Bonchev–Trinajstić information content (AvgIpc) is 2.48. The lowest BCUT2D eigenvalue weighted by Gasteiger charge is -2.34. The molecule has 0 saturated carbocycles. The third-order valence-corrected chi connectivity index (χ3v) is 4.19. The number of rotatable bonds is 7. The van der Waals surface area contributed by atoms with Gasteiger partial charge in [0.05, 0.1) is 0 Å². The van der Waals surface area contributed by atoms with Gasteiger partial charge in [0.1, 0.15) is 0 Å². The van der Waals surface area contributed by atoms with Crippen molar-refractivity contribution in [2.45, 2.75) is 26.7 Å². The van der Waals surface area contributed by atoms with Gasteiger partial charge in [-0.05, 0) is 19.4 Å². The SMILES string of the molecule is CCCCN(C)C(=NC)NCC(C)CN1CCN(C)CC1. The van der Waals surface area contributed by atoms with Crippen LogP contribution in [0.25, 0.3) is 0 Å². The van der Waals surface area contributed by atoms with Gasteiger partial charge >= 0.3 is 0 Å². The summed E-state index contributed by atoms with van der Waals surface area (Å²) in [5, 5.41) is 3.52. The highest BCUT2D eigenvalue weighted by molar-refractivity contribution is 5.79. The molecule has 1 N–H and O–H groups in total. The molecule has 1 aliphatic rings. The summed E-state index contributed by atoms with van der Waals surface area (Å²) in [6, 6.07) is 0. The van der Waals surface area contributed by atoms with Crippen molar-refractivity contribution in [3.63, 3.8) is 0 Å². The second-order valence-corrected chi connectivity index (χ2v) is 6.41. The van der Waals surface area contributed by atoms with Crippen molar-refractivity contribution in [1.29, 1.82) is 0 Å². The molecular weight excluding hydrogens is 262 g/mol. The quantitative estimate of drug-likeness (QED) is 0.565. The van der Waals surface area contributed by atoms with Gasteiger partial charge in [-0.3, -0.25) is 4.99 Å². The normalized spacial score (nSPS) is 19.6. The number of piperazine rings is 1. The van der Waals surface area contributed by atoms with Crippen LogP contribution >= 0.6 is 0 Å². The van der Waals surface area contributed by atoms with Crippen LogP contribution in [-0.4, -0.2) is 87.6 Å². The highest BCUT2D eigenvalue weighted by Crippen LogP contribution is 2.04. The second kappa shape index (κ2) is 10.0. The van der Waals surface area contributed by atoms with Gasteiger partial charge in [-0.2, -0.15) is 0 Å². The van der Waals surface area contributed by atoms with E-state index >= 15 is 0 Å². The van der Waals surface area contributed by atoms with E-state index in [-0.39, 0.29) is 0 Å². The monoisotopic (exact) mass is 297 g/mol. The minimum atomic E-state index is 0.643. The molecule has 1 unspecified atom stereocenters. The van der Waals surface area contributed by atoms with E-state index in [4.69, 9.17) is 0 Å². The summed E-state index contributed by atoms with van der Waals surface area (Å²) in [5.41, 5.74) is 0. The fourth-order valence-electron chi connectivity index (χ4n) is 2.69. The lowest BCUT2D eigenvalue weighted by molar-refractivity contribution is 0.139. The molecule has 0 bridgehead atoms. The van der Waals surface area contributed by atoms with Crippen LogP contribution in [0.2, 0.25) is 0 Å². The Kier molecular flexibility index (Phi) is 8.69. The molecule has 0 aliphatic carbocycles. The first-order valence-corrected chi connectivity index (χ1v) is 8.39. The maximum atomic E-state index is 4.38. The Morgan fingerprint density at radius 2 is 1.95 bits per heavy atom. The highest BCUT2D eigenvalue weighted by atomic mass is 15.3. The zero-order valence-corrected chi connectivity index (χ0v) is 14.7. The van der Waals surface area contributed by atoms with Crippen LogP contribution < -0.4 is 5.32 Å². The maximum Gasteiger partial charge on any atom is 0.193 e. The summed E-state index contributed by atoms with van der Waals surface area (Å²) < 4.78 is 0. The van der Waals surface area contributed by atoms with Crippen LogP contribution in [0.1, 0.15) is 26.7 Å². The Hall–Kier alpha value is -0.810. The molecule has 1 saturated heterocycles. The van der Waals surface area contributed by atoms with Gasteiger partial charge in [0.15, 0.2) is 5.96 Å². The average molecular weight is 297 g/mol. The van der Waals surface area contributed by atoms with Crippen molar-refractivity contribution < 1.29 is 0 Å². The van der Waals surface area contributed by atoms with Crippen molar-refractivity contribution in [2.75, 3.05) is 67.0 Å². The maximum absolute atomic E-state index is 4.38. The van der Waals surface area contributed by atoms with Gasteiger partial charge in [-0.15, -0.1) is 0 Å². The molecule has 5 nitrogen and oxygen atoms in total. The number of nitrogens with zero attached hydrogens (tertiary/aromatic N) is 4. The summed E-state index contributed by atoms with van der Waals surface area (Å²) in [5.74, 6) is 1.67. The molecular formula is C16H35N5. The molecule has 0 amide bonds. The Bertz CT molecular complexity index is 297. The molecule has 0 aromatic heterocycles. The van der Waals surface area contributed by atoms with E-state index in [0.717, 1.165) is 19.0 Å². The molecule has 0 spiro atoms. The van der Waals surface area contributed by atoms with Gasteiger partial charge in [-0.25, -0.2) is 0 Å². The first kappa shape index (κ1) is 18.2.